The summed E-state index contributed by atoms with van der Waals surface area (Å²) in [7, 11) is 2.99. The molecule has 0 aliphatic rings. The van der Waals surface area contributed by atoms with Crippen LogP contribution in [0.2, 0.25) is 0 Å². The third kappa shape index (κ3) is 5.89. The van der Waals surface area contributed by atoms with Crippen molar-refractivity contribution in [3.8, 4) is 11.5 Å². The average Bonchev–Trinajstić information content (AvgIpc) is 2.65. The summed E-state index contributed by atoms with van der Waals surface area (Å²) >= 11 is 3.35. The Kier molecular flexibility index (Phi) is 7.16. The summed E-state index contributed by atoms with van der Waals surface area (Å²) in [6, 6.07) is 12.2. The standard InChI is InChI=1S/C18H18BrN3O4/c1-25-15-7-13(8-16(9-15)26-2)18(24)20-11-17(23)22-21-10-12-4-3-5-14(19)6-12/h3-10H,11H2,1-2H3,(H,20,24)(H,22,23)/b21-10+. The van der Waals surface area contributed by atoms with Gasteiger partial charge in [-0.3, -0.25) is 9.59 Å². The Labute approximate surface area is 159 Å². The minimum absolute atomic E-state index is 0.214. The number of hydrogen-bond donors (Lipinski definition) is 2. The Balaban J connectivity index is 1.87. The number of halogens is 1. The minimum Gasteiger partial charge on any atom is -0.497 e. The van der Waals surface area contributed by atoms with E-state index in [0.717, 1.165) is 10.0 Å². The largest absolute Gasteiger partial charge is 0.497 e. The van der Waals surface area contributed by atoms with Gasteiger partial charge in [-0.05, 0) is 29.8 Å². The average molecular weight is 420 g/mol. The highest BCUT2D eigenvalue weighted by Crippen LogP contribution is 2.22. The molecule has 0 fully saturated rings. The molecule has 0 aliphatic carbocycles. The van der Waals surface area contributed by atoms with Gasteiger partial charge in [0.05, 0.1) is 27.0 Å². The smallest absolute Gasteiger partial charge is 0.259 e. The molecule has 0 aliphatic heterocycles. The quantitative estimate of drug-likeness (QED) is 0.532. The molecule has 136 valence electrons. The lowest BCUT2D eigenvalue weighted by molar-refractivity contribution is -0.120. The van der Waals surface area contributed by atoms with Crippen LogP contribution >= 0.6 is 15.9 Å². The van der Waals surface area contributed by atoms with Crippen LogP contribution in [-0.4, -0.2) is 38.8 Å². The van der Waals surface area contributed by atoms with E-state index in [0.29, 0.717) is 17.1 Å². The van der Waals surface area contributed by atoms with Crippen molar-refractivity contribution < 1.29 is 19.1 Å². The third-order valence-corrected chi connectivity index (χ3v) is 3.77. The Morgan fingerprint density at radius 3 is 2.42 bits per heavy atom. The third-order valence-electron chi connectivity index (χ3n) is 3.27. The van der Waals surface area contributed by atoms with E-state index < -0.39 is 11.8 Å². The molecule has 2 aromatic carbocycles. The predicted molar refractivity (Wildman–Crippen MR) is 102 cm³/mol. The maximum atomic E-state index is 12.2. The monoisotopic (exact) mass is 419 g/mol. The second-order valence-corrected chi connectivity index (χ2v) is 6.05. The van der Waals surface area contributed by atoms with Gasteiger partial charge < -0.3 is 14.8 Å². The summed E-state index contributed by atoms with van der Waals surface area (Å²) in [6.45, 7) is -0.214. The van der Waals surface area contributed by atoms with Crippen molar-refractivity contribution in [3.63, 3.8) is 0 Å². The van der Waals surface area contributed by atoms with Gasteiger partial charge >= 0.3 is 0 Å². The minimum atomic E-state index is -0.445. The molecule has 0 unspecified atom stereocenters. The molecule has 2 amide bonds. The van der Waals surface area contributed by atoms with Crippen molar-refractivity contribution >= 4 is 34.0 Å². The van der Waals surface area contributed by atoms with Crippen molar-refractivity contribution in [1.29, 1.82) is 0 Å². The molecule has 8 heteroatoms. The van der Waals surface area contributed by atoms with Crippen LogP contribution in [0.15, 0.2) is 52.0 Å². The number of nitrogens with zero attached hydrogens (tertiary/aromatic N) is 1. The first-order valence-corrected chi connectivity index (χ1v) is 8.40. The van der Waals surface area contributed by atoms with Crippen LogP contribution in [0.3, 0.4) is 0 Å². The molecule has 0 heterocycles. The first-order valence-electron chi connectivity index (χ1n) is 7.60. The number of carbonyl (C=O) groups is 2. The number of nitrogens with one attached hydrogen (secondary N) is 2. The van der Waals surface area contributed by atoms with Crippen molar-refractivity contribution in [2.24, 2.45) is 5.10 Å². The zero-order valence-corrected chi connectivity index (χ0v) is 15.9. The summed E-state index contributed by atoms with van der Waals surface area (Å²) in [4.78, 5) is 24.0. The number of hydrazone groups is 1. The topological polar surface area (TPSA) is 89.0 Å². The van der Waals surface area contributed by atoms with Crippen LogP contribution in [0.5, 0.6) is 11.5 Å². The zero-order chi connectivity index (χ0) is 18.9. The number of methoxy groups -OCH3 is 2. The maximum absolute atomic E-state index is 12.2. The molecule has 7 nitrogen and oxygen atoms in total. The number of amides is 2. The molecule has 0 aromatic heterocycles. The highest BCUT2D eigenvalue weighted by molar-refractivity contribution is 9.10. The normalized spacial score (nSPS) is 10.4. The maximum Gasteiger partial charge on any atom is 0.259 e. The molecule has 2 N–H and O–H groups in total. The summed E-state index contributed by atoms with van der Waals surface area (Å²) in [6.07, 6.45) is 1.51. The van der Waals surface area contributed by atoms with Gasteiger partial charge in [-0.2, -0.15) is 5.10 Å². The highest BCUT2D eigenvalue weighted by atomic mass is 79.9. The number of hydrogen-bond acceptors (Lipinski definition) is 5. The molecule has 0 spiro atoms. The molecular weight excluding hydrogens is 402 g/mol. The fraction of sp³-hybridized carbons (Fsp3) is 0.167. The molecule has 0 saturated carbocycles. The van der Waals surface area contributed by atoms with Gasteiger partial charge in [0.1, 0.15) is 11.5 Å². The van der Waals surface area contributed by atoms with Gasteiger partial charge in [0.25, 0.3) is 11.8 Å². The Morgan fingerprint density at radius 2 is 1.81 bits per heavy atom. The fourth-order valence-electron chi connectivity index (χ4n) is 2.01. The number of carbonyl (C=O) groups excluding carboxylic acids is 2. The van der Waals surface area contributed by atoms with Crippen LogP contribution in [0.4, 0.5) is 0 Å². The van der Waals surface area contributed by atoms with E-state index in [-0.39, 0.29) is 6.54 Å². The summed E-state index contributed by atoms with van der Waals surface area (Å²) in [5, 5.41) is 6.37. The van der Waals surface area contributed by atoms with Crippen molar-refractivity contribution in [1.82, 2.24) is 10.7 Å². The number of ether oxygens (including phenoxy) is 2. The molecular formula is C18H18BrN3O4. The van der Waals surface area contributed by atoms with Gasteiger partial charge in [0.2, 0.25) is 0 Å². The second kappa shape index (κ2) is 9.57. The summed E-state index contributed by atoms with van der Waals surface area (Å²) in [5.74, 6) is 0.0999. The lowest BCUT2D eigenvalue weighted by Crippen LogP contribution is -2.34. The summed E-state index contributed by atoms with van der Waals surface area (Å²) < 4.78 is 11.1. The first kappa shape index (κ1) is 19.5. The van der Waals surface area contributed by atoms with Gasteiger partial charge in [-0.25, -0.2) is 5.43 Å². The molecule has 2 rings (SSSR count). The molecule has 0 bridgehead atoms. The molecule has 26 heavy (non-hydrogen) atoms. The number of benzene rings is 2. The fourth-order valence-corrected chi connectivity index (χ4v) is 2.42. The van der Waals surface area contributed by atoms with Crippen LogP contribution in [0.25, 0.3) is 0 Å². The molecule has 0 atom stereocenters. The first-order chi connectivity index (χ1) is 12.5. The SMILES string of the molecule is COc1cc(OC)cc(C(=O)NCC(=O)N/N=C/c2cccc(Br)c2)c1. The predicted octanol–water partition coefficient (Wildman–Crippen LogP) is 2.35. The Hall–Kier alpha value is -2.87. The lowest BCUT2D eigenvalue weighted by Gasteiger charge is -2.08. The van der Waals surface area contributed by atoms with Crippen molar-refractivity contribution in [2.45, 2.75) is 0 Å². The van der Waals surface area contributed by atoms with Gasteiger partial charge in [-0.15, -0.1) is 0 Å². The van der Waals surface area contributed by atoms with Crippen LogP contribution in [0.1, 0.15) is 15.9 Å². The zero-order valence-electron chi connectivity index (χ0n) is 14.3. The van der Waals surface area contributed by atoms with E-state index >= 15 is 0 Å². The van der Waals surface area contributed by atoms with Crippen LogP contribution in [0, 0.1) is 0 Å². The van der Waals surface area contributed by atoms with E-state index in [1.54, 1.807) is 18.2 Å². The molecule has 0 radical (unpaired) electrons. The Bertz CT molecular complexity index is 802. The number of rotatable bonds is 7. The molecule has 0 saturated heterocycles. The highest BCUT2D eigenvalue weighted by Gasteiger charge is 2.11. The van der Waals surface area contributed by atoms with E-state index in [9.17, 15) is 9.59 Å². The lowest BCUT2D eigenvalue weighted by atomic mass is 10.2. The van der Waals surface area contributed by atoms with Gasteiger partial charge in [0.15, 0.2) is 0 Å². The summed E-state index contributed by atoms with van der Waals surface area (Å²) in [5.41, 5.74) is 3.51. The van der Waals surface area contributed by atoms with E-state index in [2.05, 4.69) is 31.8 Å². The van der Waals surface area contributed by atoms with E-state index in [1.165, 1.54) is 20.4 Å². The van der Waals surface area contributed by atoms with Crippen LogP contribution in [-0.2, 0) is 4.79 Å². The second-order valence-electron chi connectivity index (χ2n) is 5.13. The van der Waals surface area contributed by atoms with E-state index in [4.69, 9.17) is 9.47 Å². The van der Waals surface area contributed by atoms with Gasteiger partial charge in [0, 0.05) is 16.1 Å². The van der Waals surface area contributed by atoms with Crippen molar-refractivity contribution in [3.05, 3.63) is 58.1 Å². The van der Waals surface area contributed by atoms with Gasteiger partial charge in [-0.1, -0.05) is 28.1 Å². The molecule has 2 aromatic rings. The van der Waals surface area contributed by atoms with Crippen molar-refractivity contribution in [2.75, 3.05) is 20.8 Å². The van der Waals surface area contributed by atoms with Crippen LogP contribution < -0.4 is 20.2 Å². The van der Waals surface area contributed by atoms with E-state index in [1.807, 2.05) is 24.3 Å². The Morgan fingerprint density at radius 1 is 1.12 bits per heavy atom.